The summed E-state index contributed by atoms with van der Waals surface area (Å²) in [5, 5.41) is 15.5. The molecule has 1 aromatic heterocycles. The largest absolute Gasteiger partial charge is 0.394 e. The summed E-state index contributed by atoms with van der Waals surface area (Å²) < 4.78 is 18.4. The molecule has 2 heterocycles. The number of aliphatic hydroxyl groups is 1. The van der Waals surface area contributed by atoms with Gasteiger partial charge in [0.25, 0.3) is 5.91 Å². The second-order valence-corrected chi connectivity index (χ2v) is 9.15. The van der Waals surface area contributed by atoms with E-state index in [1.165, 1.54) is 0 Å². The van der Waals surface area contributed by atoms with Crippen LogP contribution in [0.1, 0.15) is 23.2 Å². The zero-order chi connectivity index (χ0) is 23.4. The maximum Gasteiger partial charge on any atom is 0.277 e. The van der Waals surface area contributed by atoms with Crippen molar-refractivity contribution in [3.63, 3.8) is 0 Å². The highest BCUT2D eigenvalue weighted by Crippen LogP contribution is 2.34. The molecule has 4 N–H and O–H groups in total. The Morgan fingerprint density at radius 1 is 1.36 bits per heavy atom. The first kappa shape index (κ1) is 23.9. The molecule has 0 saturated carbocycles. The van der Waals surface area contributed by atoms with Crippen molar-refractivity contribution < 1.29 is 19.1 Å². The Balaban J connectivity index is 1.74. The van der Waals surface area contributed by atoms with Crippen molar-refractivity contribution in [1.82, 2.24) is 20.3 Å². The van der Waals surface area contributed by atoms with Crippen LogP contribution < -0.4 is 16.1 Å². The van der Waals surface area contributed by atoms with Gasteiger partial charge in [-0.25, -0.2) is 14.9 Å². The van der Waals surface area contributed by atoms with Crippen molar-refractivity contribution in [1.29, 1.82) is 0 Å². The van der Waals surface area contributed by atoms with Crippen LogP contribution in [0.4, 0.5) is 15.8 Å². The van der Waals surface area contributed by atoms with E-state index in [9.17, 15) is 4.79 Å². The number of piperidine rings is 1. The average Bonchev–Trinajstić information content (AvgIpc) is 3.20. The van der Waals surface area contributed by atoms with Crippen molar-refractivity contribution in [2.75, 3.05) is 31.6 Å². The fourth-order valence-corrected chi connectivity index (χ4v) is 4.61. The van der Waals surface area contributed by atoms with Crippen LogP contribution in [0.5, 0.6) is 0 Å². The molecule has 3 aromatic rings. The summed E-state index contributed by atoms with van der Waals surface area (Å²) in [4.78, 5) is 22.1. The molecule has 33 heavy (non-hydrogen) atoms. The van der Waals surface area contributed by atoms with E-state index in [1.807, 2.05) is 4.57 Å². The number of fused-ring (bicyclic) bond motifs is 1. The quantitative estimate of drug-likeness (QED) is 0.255. The van der Waals surface area contributed by atoms with Crippen LogP contribution >= 0.6 is 27.5 Å². The lowest BCUT2D eigenvalue weighted by atomic mass is 9.98. The Morgan fingerprint density at radius 3 is 2.88 bits per heavy atom. The van der Waals surface area contributed by atoms with Crippen LogP contribution in [0.3, 0.4) is 0 Å². The molecule has 2 aromatic carbocycles. The van der Waals surface area contributed by atoms with Gasteiger partial charge in [-0.05, 0) is 56.1 Å². The summed E-state index contributed by atoms with van der Waals surface area (Å²) in [6, 6.07) is 6.69. The Bertz CT molecular complexity index is 1150. The van der Waals surface area contributed by atoms with E-state index in [-0.39, 0.29) is 30.0 Å². The molecular weight excluding hydrogens is 517 g/mol. The first-order chi connectivity index (χ1) is 16.0. The average molecular weight is 541 g/mol. The molecule has 0 radical (unpaired) electrons. The zero-order valence-corrected chi connectivity index (χ0v) is 20.0. The van der Waals surface area contributed by atoms with Crippen LogP contribution in [0.2, 0.25) is 5.02 Å². The van der Waals surface area contributed by atoms with Crippen molar-refractivity contribution in [2.45, 2.75) is 19.4 Å². The van der Waals surface area contributed by atoms with Crippen molar-refractivity contribution in [3.05, 3.63) is 51.5 Å². The molecule has 11 heteroatoms. The molecule has 1 saturated heterocycles. The Kier molecular flexibility index (Phi) is 7.82. The number of nitrogens with zero attached hydrogens (tertiary/aromatic N) is 2. The number of imidazole rings is 1. The third kappa shape index (κ3) is 5.47. The van der Waals surface area contributed by atoms with Crippen molar-refractivity contribution >= 4 is 55.8 Å². The van der Waals surface area contributed by atoms with E-state index in [0.717, 1.165) is 30.4 Å². The predicted octanol–water partition coefficient (Wildman–Crippen LogP) is 3.99. The van der Waals surface area contributed by atoms with E-state index in [1.54, 1.807) is 30.6 Å². The predicted molar refractivity (Wildman–Crippen MR) is 128 cm³/mol. The standard InChI is InChI=1S/C22H24BrClFN5O3/c23-14-1-2-17(16(24)9-14)28-20-15(22(32)29-33-8-7-31)10-18-21(19(20)25)27-12-30(18)11-13-3-5-26-6-4-13/h1-2,9-10,12-13,26,28,31H,3-8,11H2,(H,29,32). The number of hydroxylamine groups is 1. The number of benzene rings is 2. The number of aliphatic hydroxyl groups excluding tert-OH is 1. The van der Waals surface area contributed by atoms with Crippen molar-refractivity contribution in [3.8, 4) is 0 Å². The SMILES string of the molecule is O=C(NOCCO)c1cc2c(ncn2CC2CCNCC2)c(F)c1Nc1ccc(Br)cc1Cl. The van der Waals surface area contributed by atoms with Gasteiger partial charge in [-0.3, -0.25) is 9.63 Å². The Labute approximate surface area is 203 Å². The van der Waals surface area contributed by atoms with Crippen LogP contribution in [-0.2, 0) is 11.4 Å². The zero-order valence-electron chi connectivity index (χ0n) is 17.7. The number of anilines is 2. The molecule has 4 rings (SSSR count). The van der Waals surface area contributed by atoms with Gasteiger partial charge in [0.15, 0.2) is 5.82 Å². The summed E-state index contributed by atoms with van der Waals surface area (Å²) >= 11 is 9.65. The molecule has 0 atom stereocenters. The number of halogens is 3. The molecule has 0 spiro atoms. The molecule has 1 amide bonds. The molecule has 1 fully saturated rings. The summed E-state index contributed by atoms with van der Waals surface area (Å²) in [6.45, 7) is 2.22. The summed E-state index contributed by atoms with van der Waals surface area (Å²) in [6.07, 6.45) is 3.65. The highest BCUT2D eigenvalue weighted by Gasteiger charge is 2.24. The topological polar surface area (TPSA) is 100 Å². The minimum absolute atomic E-state index is 0.0315. The number of aromatic nitrogens is 2. The van der Waals surface area contributed by atoms with E-state index < -0.39 is 11.7 Å². The number of amides is 1. The lowest BCUT2D eigenvalue weighted by Gasteiger charge is -2.23. The van der Waals surface area contributed by atoms with Gasteiger partial charge in [0.2, 0.25) is 0 Å². The minimum atomic E-state index is -0.664. The number of hydrogen-bond donors (Lipinski definition) is 4. The van der Waals surface area contributed by atoms with E-state index in [4.69, 9.17) is 21.5 Å². The number of rotatable bonds is 8. The second-order valence-electron chi connectivity index (χ2n) is 7.82. The molecule has 176 valence electrons. The number of carbonyl (C=O) groups excluding carboxylic acids is 1. The summed E-state index contributed by atoms with van der Waals surface area (Å²) in [7, 11) is 0. The maximum absolute atomic E-state index is 15.7. The highest BCUT2D eigenvalue weighted by atomic mass is 79.9. The lowest BCUT2D eigenvalue weighted by Crippen LogP contribution is -2.29. The van der Waals surface area contributed by atoms with E-state index >= 15 is 4.39 Å². The Morgan fingerprint density at radius 2 is 2.15 bits per heavy atom. The smallest absolute Gasteiger partial charge is 0.277 e. The maximum atomic E-state index is 15.7. The minimum Gasteiger partial charge on any atom is -0.394 e. The monoisotopic (exact) mass is 539 g/mol. The van der Waals surface area contributed by atoms with Crippen LogP contribution in [0.25, 0.3) is 11.0 Å². The number of nitrogens with one attached hydrogen (secondary N) is 3. The van der Waals surface area contributed by atoms with Gasteiger partial charge in [-0.1, -0.05) is 27.5 Å². The van der Waals surface area contributed by atoms with Gasteiger partial charge in [0, 0.05) is 11.0 Å². The van der Waals surface area contributed by atoms with Gasteiger partial charge < -0.3 is 20.3 Å². The third-order valence-corrected chi connectivity index (χ3v) is 6.37. The van der Waals surface area contributed by atoms with Gasteiger partial charge >= 0.3 is 0 Å². The summed E-state index contributed by atoms with van der Waals surface area (Å²) in [5.41, 5.74) is 3.32. The molecule has 0 aliphatic carbocycles. The molecule has 8 nitrogen and oxygen atoms in total. The third-order valence-electron chi connectivity index (χ3n) is 5.56. The number of hydrogen-bond acceptors (Lipinski definition) is 6. The molecule has 0 bridgehead atoms. The first-order valence-electron chi connectivity index (χ1n) is 10.6. The fraction of sp³-hybridized carbons (Fsp3) is 0.364. The normalized spacial score (nSPS) is 14.5. The van der Waals surface area contributed by atoms with Crippen LogP contribution in [-0.4, -0.2) is 46.9 Å². The fourth-order valence-electron chi connectivity index (χ4n) is 3.89. The van der Waals surface area contributed by atoms with E-state index in [2.05, 4.69) is 37.0 Å². The Hall–Kier alpha value is -2.24. The lowest BCUT2D eigenvalue weighted by molar-refractivity contribution is 0.0169. The number of carbonyl (C=O) groups is 1. The van der Waals surface area contributed by atoms with E-state index in [0.29, 0.717) is 28.7 Å². The summed E-state index contributed by atoms with van der Waals surface area (Å²) in [5.74, 6) is -0.881. The first-order valence-corrected chi connectivity index (χ1v) is 11.8. The molecule has 1 aliphatic rings. The van der Waals surface area contributed by atoms with Crippen LogP contribution in [0.15, 0.2) is 35.1 Å². The van der Waals surface area contributed by atoms with Gasteiger partial charge in [0.1, 0.15) is 5.52 Å². The van der Waals surface area contributed by atoms with Gasteiger partial charge in [-0.2, -0.15) is 0 Å². The molecule has 1 aliphatic heterocycles. The second kappa shape index (κ2) is 10.8. The van der Waals surface area contributed by atoms with Crippen LogP contribution in [0, 0.1) is 11.7 Å². The van der Waals surface area contributed by atoms with Gasteiger partial charge in [-0.15, -0.1) is 0 Å². The highest BCUT2D eigenvalue weighted by molar-refractivity contribution is 9.10. The van der Waals surface area contributed by atoms with Gasteiger partial charge in [0.05, 0.1) is 47.0 Å². The molecule has 0 unspecified atom stereocenters. The van der Waals surface area contributed by atoms with Crippen molar-refractivity contribution in [2.24, 2.45) is 5.92 Å². The molecular formula is C22H24BrClFN5O3.